The Hall–Kier alpha value is -2.73. The van der Waals surface area contributed by atoms with Crippen LogP contribution in [0.15, 0.2) is 42.5 Å². The lowest BCUT2D eigenvalue weighted by Gasteiger charge is -2.17. The molecule has 0 N–H and O–H groups in total. The highest BCUT2D eigenvalue weighted by Crippen LogP contribution is 2.28. The van der Waals surface area contributed by atoms with Gasteiger partial charge in [0.25, 0.3) is 5.82 Å². The number of hydrogen-bond donors (Lipinski definition) is 0. The smallest absolute Gasteiger partial charge is 0.453 e. The first-order valence-corrected chi connectivity index (χ1v) is 10.8. The van der Waals surface area contributed by atoms with E-state index in [0.29, 0.717) is 23.0 Å². The van der Waals surface area contributed by atoms with Gasteiger partial charge in [-0.15, -0.1) is 15.3 Å². The molecular formula is C18H18F3N5O3S. The minimum atomic E-state index is -4.69. The predicted octanol–water partition coefficient (Wildman–Crippen LogP) is 2.37. The topological polar surface area (TPSA) is 89.7 Å². The van der Waals surface area contributed by atoms with Crippen molar-refractivity contribution in [2.45, 2.75) is 18.3 Å². The summed E-state index contributed by atoms with van der Waals surface area (Å²) in [7, 11) is -3.46. The second-order valence-electron chi connectivity index (χ2n) is 7.03. The average molecular weight is 441 g/mol. The SMILES string of the molecule is O=S(=O)(Cc1ccccc1)N1CCC(COc2ccc3nnc(C(F)(F)F)n3n2)C1. The van der Waals surface area contributed by atoms with Crippen LogP contribution in [0, 0.1) is 5.92 Å². The third-order valence-electron chi connectivity index (χ3n) is 4.79. The second-order valence-corrected chi connectivity index (χ2v) is 9.00. The molecule has 3 aromatic rings. The van der Waals surface area contributed by atoms with Crippen LogP contribution in [0.5, 0.6) is 5.88 Å². The number of benzene rings is 1. The molecule has 12 heteroatoms. The number of halogens is 3. The van der Waals surface area contributed by atoms with Gasteiger partial charge in [0.05, 0.1) is 12.4 Å². The highest BCUT2D eigenvalue weighted by Gasteiger charge is 2.38. The molecular weight excluding hydrogens is 423 g/mol. The van der Waals surface area contributed by atoms with E-state index in [0.717, 1.165) is 0 Å². The van der Waals surface area contributed by atoms with Gasteiger partial charge in [-0.1, -0.05) is 30.3 Å². The molecule has 4 rings (SSSR count). The zero-order valence-corrected chi connectivity index (χ0v) is 16.5. The lowest BCUT2D eigenvalue weighted by molar-refractivity contribution is -0.146. The molecule has 1 aromatic carbocycles. The molecule has 30 heavy (non-hydrogen) atoms. The van der Waals surface area contributed by atoms with Crippen molar-refractivity contribution in [3.8, 4) is 5.88 Å². The van der Waals surface area contributed by atoms with Gasteiger partial charge in [-0.2, -0.15) is 17.7 Å². The second kappa shape index (κ2) is 7.84. The van der Waals surface area contributed by atoms with Crippen molar-refractivity contribution in [3.05, 3.63) is 53.9 Å². The molecule has 2 aromatic heterocycles. The number of aromatic nitrogens is 4. The van der Waals surface area contributed by atoms with E-state index in [1.54, 1.807) is 24.3 Å². The molecule has 1 unspecified atom stereocenters. The Morgan fingerprint density at radius 2 is 1.87 bits per heavy atom. The van der Waals surface area contributed by atoms with E-state index in [1.807, 2.05) is 6.07 Å². The molecule has 160 valence electrons. The van der Waals surface area contributed by atoms with E-state index in [4.69, 9.17) is 4.74 Å². The molecule has 0 radical (unpaired) electrons. The first-order valence-electron chi connectivity index (χ1n) is 9.16. The van der Waals surface area contributed by atoms with Crippen LogP contribution in [-0.4, -0.2) is 52.2 Å². The summed E-state index contributed by atoms with van der Waals surface area (Å²) in [6, 6.07) is 11.7. The first-order chi connectivity index (χ1) is 14.2. The van der Waals surface area contributed by atoms with Crippen LogP contribution in [0.4, 0.5) is 13.2 Å². The molecule has 0 aliphatic carbocycles. The Balaban J connectivity index is 1.38. The molecule has 0 saturated carbocycles. The molecule has 1 saturated heterocycles. The largest absolute Gasteiger partial charge is 0.476 e. The maximum absolute atomic E-state index is 13.0. The highest BCUT2D eigenvalue weighted by atomic mass is 32.2. The summed E-state index contributed by atoms with van der Waals surface area (Å²) in [6.07, 6.45) is -4.10. The fourth-order valence-corrected chi connectivity index (χ4v) is 4.91. The average Bonchev–Trinajstić information content (AvgIpc) is 3.33. The zero-order valence-electron chi connectivity index (χ0n) is 15.7. The number of fused-ring (bicyclic) bond motifs is 1. The van der Waals surface area contributed by atoms with Gasteiger partial charge in [-0.05, 0) is 18.1 Å². The predicted molar refractivity (Wildman–Crippen MR) is 100 cm³/mol. The molecule has 0 amide bonds. The van der Waals surface area contributed by atoms with Gasteiger partial charge >= 0.3 is 6.18 Å². The van der Waals surface area contributed by atoms with Gasteiger partial charge in [-0.25, -0.2) is 12.7 Å². The van der Waals surface area contributed by atoms with Crippen molar-refractivity contribution >= 4 is 15.7 Å². The van der Waals surface area contributed by atoms with Crippen LogP contribution in [0.25, 0.3) is 5.65 Å². The zero-order chi connectivity index (χ0) is 21.4. The molecule has 0 bridgehead atoms. The van der Waals surface area contributed by atoms with E-state index >= 15 is 0 Å². The van der Waals surface area contributed by atoms with Gasteiger partial charge in [0.2, 0.25) is 15.9 Å². The molecule has 1 aliphatic rings. The Morgan fingerprint density at radius 3 is 2.60 bits per heavy atom. The van der Waals surface area contributed by atoms with E-state index in [1.165, 1.54) is 16.4 Å². The number of rotatable bonds is 6. The lowest BCUT2D eigenvalue weighted by Crippen LogP contribution is -2.30. The minimum Gasteiger partial charge on any atom is -0.476 e. The number of hydrogen-bond acceptors (Lipinski definition) is 6. The van der Waals surface area contributed by atoms with Gasteiger partial charge in [0, 0.05) is 25.1 Å². The van der Waals surface area contributed by atoms with Gasteiger partial charge in [0.15, 0.2) is 5.65 Å². The molecule has 1 atom stereocenters. The molecule has 1 aliphatic heterocycles. The Morgan fingerprint density at radius 1 is 1.10 bits per heavy atom. The van der Waals surface area contributed by atoms with Crippen LogP contribution in [0.1, 0.15) is 17.8 Å². The van der Waals surface area contributed by atoms with E-state index in [9.17, 15) is 21.6 Å². The summed E-state index contributed by atoms with van der Waals surface area (Å²) in [5.74, 6) is -1.41. The van der Waals surface area contributed by atoms with Crippen molar-refractivity contribution in [3.63, 3.8) is 0 Å². The summed E-state index contributed by atoms with van der Waals surface area (Å²) in [6.45, 7) is 0.802. The van der Waals surface area contributed by atoms with Crippen molar-refractivity contribution in [1.29, 1.82) is 0 Å². The van der Waals surface area contributed by atoms with E-state index < -0.39 is 22.0 Å². The fraction of sp³-hybridized carbons (Fsp3) is 0.389. The quantitative estimate of drug-likeness (QED) is 0.584. The van der Waals surface area contributed by atoms with Crippen LogP contribution in [-0.2, 0) is 22.0 Å². The molecule has 1 fully saturated rings. The third-order valence-corrected chi connectivity index (χ3v) is 6.61. The van der Waals surface area contributed by atoms with Crippen molar-refractivity contribution < 1.29 is 26.3 Å². The van der Waals surface area contributed by atoms with Gasteiger partial charge in [0.1, 0.15) is 0 Å². The Bertz CT molecular complexity index is 1130. The van der Waals surface area contributed by atoms with Crippen molar-refractivity contribution in [2.24, 2.45) is 5.92 Å². The normalized spacial score (nSPS) is 18.2. The highest BCUT2D eigenvalue weighted by molar-refractivity contribution is 7.88. The van der Waals surface area contributed by atoms with Crippen LogP contribution in [0.2, 0.25) is 0 Å². The summed E-state index contributed by atoms with van der Waals surface area (Å²) in [4.78, 5) is 0. The van der Waals surface area contributed by atoms with Crippen LogP contribution < -0.4 is 4.74 Å². The van der Waals surface area contributed by atoms with Gasteiger partial charge < -0.3 is 4.74 Å². The number of sulfonamides is 1. The fourth-order valence-electron chi connectivity index (χ4n) is 3.29. The molecule has 3 heterocycles. The summed E-state index contributed by atoms with van der Waals surface area (Å²) >= 11 is 0. The lowest BCUT2D eigenvalue weighted by atomic mass is 10.1. The molecule has 0 spiro atoms. The third kappa shape index (κ3) is 4.38. The van der Waals surface area contributed by atoms with E-state index in [2.05, 4.69) is 15.3 Å². The van der Waals surface area contributed by atoms with E-state index in [-0.39, 0.29) is 36.3 Å². The number of ether oxygens (including phenoxy) is 1. The number of alkyl halides is 3. The maximum Gasteiger partial charge on any atom is 0.453 e. The van der Waals surface area contributed by atoms with Gasteiger partial charge in [-0.3, -0.25) is 0 Å². The Kier molecular flexibility index (Phi) is 5.36. The summed E-state index contributed by atoms with van der Waals surface area (Å²) in [5.41, 5.74) is 0.665. The molecule has 8 nitrogen and oxygen atoms in total. The van der Waals surface area contributed by atoms with Crippen molar-refractivity contribution in [1.82, 2.24) is 24.1 Å². The first kappa shape index (κ1) is 20.5. The Labute approximate surface area is 170 Å². The van der Waals surface area contributed by atoms with Crippen LogP contribution in [0.3, 0.4) is 0 Å². The summed E-state index contributed by atoms with van der Waals surface area (Å²) in [5, 5.41) is 10.4. The number of nitrogens with zero attached hydrogens (tertiary/aromatic N) is 5. The van der Waals surface area contributed by atoms with Crippen molar-refractivity contribution in [2.75, 3.05) is 19.7 Å². The maximum atomic E-state index is 13.0. The standard InChI is InChI=1S/C18H18F3N5O3S/c19-18(20,21)17-23-22-15-6-7-16(24-26(15)17)29-11-14-8-9-25(10-14)30(27,28)12-13-4-2-1-3-5-13/h1-7,14H,8-12H2. The van der Waals surface area contributed by atoms with Crippen LogP contribution >= 0.6 is 0 Å². The summed E-state index contributed by atoms with van der Waals surface area (Å²) < 4.78 is 71.7. The monoisotopic (exact) mass is 441 g/mol. The minimum absolute atomic E-state index is 0.0154.